The van der Waals surface area contributed by atoms with Gasteiger partial charge in [0.25, 0.3) is 0 Å². The van der Waals surface area contributed by atoms with E-state index in [9.17, 15) is 9.59 Å². The molecule has 0 aliphatic heterocycles. The summed E-state index contributed by atoms with van der Waals surface area (Å²) in [6.07, 6.45) is 18.9. The van der Waals surface area contributed by atoms with Crippen LogP contribution in [0.1, 0.15) is 102 Å². The second-order valence-corrected chi connectivity index (χ2v) is 8.43. The molecule has 4 heteroatoms. The van der Waals surface area contributed by atoms with Gasteiger partial charge in [0.2, 0.25) is 0 Å². The second kappa shape index (κ2) is 17.6. The standard InChI is InChI=1S/C27H42O4/c1-4-5-6-7-8-9-10-11-12-13-14-15-16-21-30-26(28)19-20-27(29)31-25-22-23(2)17-18-24(25)3/h17-20,22H,4-16,21H2,1-3H3/b20-19+. The van der Waals surface area contributed by atoms with E-state index in [-0.39, 0.29) is 0 Å². The second-order valence-electron chi connectivity index (χ2n) is 8.43. The summed E-state index contributed by atoms with van der Waals surface area (Å²) < 4.78 is 10.4. The first kappa shape index (κ1) is 26.9. The molecule has 1 aromatic carbocycles. The maximum atomic E-state index is 11.9. The highest BCUT2D eigenvalue weighted by Gasteiger charge is 2.06. The zero-order valence-electron chi connectivity index (χ0n) is 19.9. The molecule has 0 aliphatic carbocycles. The Hall–Kier alpha value is -2.10. The summed E-state index contributed by atoms with van der Waals surface area (Å²) >= 11 is 0. The van der Waals surface area contributed by atoms with Gasteiger partial charge in [0.05, 0.1) is 6.61 Å². The highest BCUT2D eigenvalue weighted by molar-refractivity contribution is 5.92. The van der Waals surface area contributed by atoms with Gasteiger partial charge in [-0.1, -0.05) is 96.1 Å². The molecular weight excluding hydrogens is 388 g/mol. The van der Waals surface area contributed by atoms with Gasteiger partial charge in [-0.25, -0.2) is 9.59 Å². The van der Waals surface area contributed by atoms with Crippen molar-refractivity contribution < 1.29 is 19.1 Å². The summed E-state index contributed by atoms with van der Waals surface area (Å²) in [7, 11) is 0. The molecule has 0 N–H and O–H groups in total. The molecule has 0 radical (unpaired) electrons. The van der Waals surface area contributed by atoms with Crippen molar-refractivity contribution in [2.45, 2.75) is 104 Å². The summed E-state index contributed by atoms with van der Waals surface area (Å²) in [5.41, 5.74) is 1.88. The zero-order valence-corrected chi connectivity index (χ0v) is 19.9. The Morgan fingerprint density at radius 1 is 0.742 bits per heavy atom. The average molecular weight is 431 g/mol. The molecule has 0 saturated heterocycles. The van der Waals surface area contributed by atoms with E-state index in [0.29, 0.717) is 12.4 Å². The number of rotatable bonds is 17. The molecule has 1 aromatic rings. The minimum atomic E-state index is -0.577. The van der Waals surface area contributed by atoms with Crippen LogP contribution in [0.3, 0.4) is 0 Å². The van der Waals surface area contributed by atoms with Crippen molar-refractivity contribution in [3.05, 3.63) is 41.5 Å². The van der Waals surface area contributed by atoms with E-state index in [1.54, 1.807) is 6.07 Å². The lowest BCUT2D eigenvalue weighted by atomic mass is 10.0. The molecule has 0 amide bonds. The van der Waals surface area contributed by atoms with Gasteiger partial charge < -0.3 is 9.47 Å². The molecule has 0 atom stereocenters. The van der Waals surface area contributed by atoms with Crippen molar-refractivity contribution in [1.29, 1.82) is 0 Å². The van der Waals surface area contributed by atoms with Crippen LogP contribution in [0, 0.1) is 13.8 Å². The molecule has 0 aliphatic rings. The summed E-state index contributed by atoms with van der Waals surface area (Å²) in [5.74, 6) is -0.571. The third-order valence-corrected chi connectivity index (χ3v) is 5.40. The van der Waals surface area contributed by atoms with Crippen LogP contribution in [0.15, 0.2) is 30.4 Å². The first-order valence-electron chi connectivity index (χ1n) is 12.2. The topological polar surface area (TPSA) is 52.6 Å². The van der Waals surface area contributed by atoms with Gasteiger partial charge in [-0.05, 0) is 37.5 Å². The van der Waals surface area contributed by atoms with E-state index >= 15 is 0 Å². The molecule has 0 aromatic heterocycles. The Balaban J connectivity index is 1.98. The number of aryl methyl sites for hydroxylation is 2. The molecule has 174 valence electrons. The maximum Gasteiger partial charge on any atom is 0.336 e. The van der Waals surface area contributed by atoms with Gasteiger partial charge in [0.1, 0.15) is 5.75 Å². The van der Waals surface area contributed by atoms with Gasteiger partial charge >= 0.3 is 11.9 Å². The molecule has 4 nitrogen and oxygen atoms in total. The zero-order chi connectivity index (χ0) is 22.7. The van der Waals surface area contributed by atoms with Crippen LogP contribution in [0.25, 0.3) is 0 Å². The van der Waals surface area contributed by atoms with Crippen LogP contribution < -0.4 is 4.74 Å². The Morgan fingerprint density at radius 2 is 1.26 bits per heavy atom. The number of carbonyl (C=O) groups is 2. The fourth-order valence-corrected chi connectivity index (χ4v) is 3.44. The first-order chi connectivity index (χ1) is 15.0. The van der Waals surface area contributed by atoms with E-state index in [1.165, 1.54) is 70.6 Å². The molecule has 0 bridgehead atoms. The fourth-order valence-electron chi connectivity index (χ4n) is 3.44. The van der Waals surface area contributed by atoms with Crippen LogP contribution in [0.4, 0.5) is 0 Å². The summed E-state index contributed by atoms with van der Waals surface area (Å²) in [6, 6.07) is 5.65. The van der Waals surface area contributed by atoms with Crippen molar-refractivity contribution in [2.75, 3.05) is 6.61 Å². The smallest absolute Gasteiger partial charge is 0.336 e. The van der Waals surface area contributed by atoms with Gasteiger partial charge in [-0.3, -0.25) is 0 Å². The van der Waals surface area contributed by atoms with E-state index in [1.807, 2.05) is 26.0 Å². The van der Waals surface area contributed by atoms with Crippen molar-refractivity contribution in [1.82, 2.24) is 0 Å². The van der Waals surface area contributed by atoms with Crippen molar-refractivity contribution in [3.63, 3.8) is 0 Å². The maximum absolute atomic E-state index is 11.9. The lowest BCUT2D eigenvalue weighted by Gasteiger charge is -2.06. The molecule has 1 rings (SSSR count). The lowest BCUT2D eigenvalue weighted by Crippen LogP contribution is -2.08. The largest absolute Gasteiger partial charge is 0.463 e. The van der Waals surface area contributed by atoms with Gasteiger partial charge in [-0.15, -0.1) is 0 Å². The van der Waals surface area contributed by atoms with Crippen LogP contribution in [0.2, 0.25) is 0 Å². The Bertz CT molecular complexity index is 663. The number of hydrogen-bond acceptors (Lipinski definition) is 4. The highest BCUT2D eigenvalue weighted by atomic mass is 16.5. The normalized spacial score (nSPS) is 11.1. The monoisotopic (exact) mass is 430 g/mol. The number of unbranched alkanes of at least 4 members (excludes halogenated alkanes) is 12. The fraction of sp³-hybridized carbons (Fsp3) is 0.630. The molecule has 0 fully saturated rings. The predicted molar refractivity (Wildman–Crippen MR) is 127 cm³/mol. The minimum Gasteiger partial charge on any atom is -0.463 e. The lowest BCUT2D eigenvalue weighted by molar-refractivity contribution is -0.138. The van der Waals surface area contributed by atoms with E-state index in [2.05, 4.69) is 6.92 Å². The molecule has 31 heavy (non-hydrogen) atoms. The van der Waals surface area contributed by atoms with Crippen molar-refractivity contribution >= 4 is 11.9 Å². The first-order valence-corrected chi connectivity index (χ1v) is 12.2. The summed E-state index contributed by atoms with van der Waals surface area (Å²) in [6.45, 7) is 6.46. The van der Waals surface area contributed by atoms with Gasteiger partial charge in [0, 0.05) is 12.2 Å². The van der Waals surface area contributed by atoms with Gasteiger partial charge in [-0.2, -0.15) is 0 Å². The van der Waals surface area contributed by atoms with Crippen LogP contribution >= 0.6 is 0 Å². The van der Waals surface area contributed by atoms with Crippen molar-refractivity contribution in [2.24, 2.45) is 0 Å². The van der Waals surface area contributed by atoms with Crippen LogP contribution in [-0.2, 0) is 14.3 Å². The van der Waals surface area contributed by atoms with E-state index in [0.717, 1.165) is 36.1 Å². The Labute approximate surface area is 189 Å². The van der Waals surface area contributed by atoms with Gasteiger partial charge in [0.15, 0.2) is 0 Å². The molecule has 0 saturated carbocycles. The van der Waals surface area contributed by atoms with E-state index in [4.69, 9.17) is 9.47 Å². The molecular formula is C27H42O4. The summed E-state index contributed by atoms with van der Waals surface area (Å²) in [4.78, 5) is 23.6. The highest BCUT2D eigenvalue weighted by Crippen LogP contribution is 2.19. The minimum absolute atomic E-state index is 0.396. The number of carbonyl (C=O) groups excluding carboxylic acids is 2. The third-order valence-electron chi connectivity index (χ3n) is 5.40. The van der Waals surface area contributed by atoms with E-state index < -0.39 is 11.9 Å². The predicted octanol–water partition coefficient (Wildman–Crippen LogP) is 7.40. The molecule has 0 spiro atoms. The van der Waals surface area contributed by atoms with Crippen LogP contribution in [-0.4, -0.2) is 18.5 Å². The Morgan fingerprint density at radius 3 is 1.84 bits per heavy atom. The SMILES string of the molecule is CCCCCCCCCCCCCCCOC(=O)/C=C/C(=O)Oc1cc(C)ccc1C. The molecule has 0 heterocycles. The quantitative estimate of drug-likeness (QED) is 0.112. The number of benzene rings is 1. The average Bonchev–Trinajstić information content (AvgIpc) is 2.75. The van der Waals surface area contributed by atoms with Crippen LogP contribution in [0.5, 0.6) is 5.75 Å². The van der Waals surface area contributed by atoms with Crippen molar-refractivity contribution in [3.8, 4) is 5.75 Å². The third kappa shape index (κ3) is 14.5. The number of ether oxygens (including phenoxy) is 2. The number of hydrogen-bond donors (Lipinski definition) is 0. The summed E-state index contributed by atoms with van der Waals surface area (Å²) in [5, 5.41) is 0. The Kier molecular flexibility index (Phi) is 15.3. The molecule has 0 unspecified atom stereocenters. The number of esters is 2.